The second-order valence-electron chi connectivity index (χ2n) is 15.0. The molecule has 0 fully saturated rings. The topological polar surface area (TPSA) is 25.8 Å². The van der Waals surface area contributed by atoms with Crippen LogP contribution in [-0.2, 0) is 17.8 Å². The first-order valence-electron chi connectivity index (χ1n) is 17.1. The van der Waals surface area contributed by atoms with Gasteiger partial charge in [0.25, 0.3) is 0 Å². The van der Waals surface area contributed by atoms with Crippen LogP contribution in [0.5, 0.6) is 0 Å². The van der Waals surface area contributed by atoms with Gasteiger partial charge in [0.2, 0.25) is 5.82 Å². The number of hydrogen-bond donors (Lipinski definition) is 0. The maximum Gasteiger partial charge on any atom is 0.460 e. The van der Waals surface area contributed by atoms with Gasteiger partial charge in [0.15, 0.2) is 0 Å². The van der Waals surface area contributed by atoms with Crippen LogP contribution in [0.3, 0.4) is 0 Å². The molecular formula is C28HF51N2. The third-order valence-electron chi connectivity index (χ3n) is 9.82. The fourth-order valence-electron chi connectivity index (χ4n) is 4.86. The summed E-state index contributed by atoms with van der Waals surface area (Å²) in [7, 11) is 0. The van der Waals surface area contributed by atoms with Gasteiger partial charge in [-0.1, -0.05) is 0 Å². The van der Waals surface area contributed by atoms with Crippen LogP contribution in [-0.4, -0.2) is 135 Å². The molecule has 1 rings (SSSR count). The Morgan fingerprint density at radius 3 is 0.432 bits per heavy atom. The zero-order chi connectivity index (χ0) is 66.9. The van der Waals surface area contributed by atoms with E-state index in [4.69, 9.17) is 0 Å². The number of aromatic nitrogens is 2. The lowest BCUT2D eigenvalue weighted by Crippen LogP contribution is -2.74. The van der Waals surface area contributed by atoms with E-state index in [0.717, 1.165) is 0 Å². The molecule has 0 saturated heterocycles. The maximum absolute atomic E-state index is 15.1. The molecule has 0 spiro atoms. The van der Waals surface area contributed by atoms with Crippen LogP contribution in [0.25, 0.3) is 0 Å². The molecule has 0 atom stereocenters. The molecular weight excluding hydrogens is 1330 g/mol. The summed E-state index contributed by atoms with van der Waals surface area (Å²) in [5.74, 6) is -213. The molecule has 0 bridgehead atoms. The van der Waals surface area contributed by atoms with E-state index in [1.807, 2.05) is 0 Å². The molecule has 1 aromatic rings. The molecule has 480 valence electrons. The number of nitrogens with zero attached hydrogens (tertiary/aromatic N) is 2. The second-order valence-corrected chi connectivity index (χ2v) is 15.0. The summed E-state index contributed by atoms with van der Waals surface area (Å²) in [5, 5.41) is 0. The summed E-state index contributed by atoms with van der Waals surface area (Å²) in [4.78, 5) is 0.0684. The van der Waals surface area contributed by atoms with Crippen LogP contribution in [0, 0.1) is 0 Å². The normalized spacial score (nSPS) is 17.1. The van der Waals surface area contributed by atoms with Crippen molar-refractivity contribution in [2.45, 2.75) is 143 Å². The molecule has 0 saturated carbocycles. The summed E-state index contributed by atoms with van der Waals surface area (Å²) in [6.45, 7) is 0. The third kappa shape index (κ3) is 8.87. The molecule has 0 aliphatic rings. The molecule has 0 amide bonds. The van der Waals surface area contributed by atoms with E-state index in [9.17, 15) is 198 Å². The molecule has 0 N–H and O–H groups in total. The van der Waals surface area contributed by atoms with Gasteiger partial charge in [0, 0.05) is 0 Å². The van der Waals surface area contributed by atoms with Gasteiger partial charge in [-0.05, 0) is 6.07 Å². The quantitative estimate of drug-likeness (QED) is 0.115. The zero-order valence-electron chi connectivity index (χ0n) is 34.2. The molecule has 0 radical (unpaired) electrons. The van der Waals surface area contributed by atoms with Crippen molar-refractivity contribution < 1.29 is 224 Å². The molecule has 1 heterocycles. The largest absolute Gasteiger partial charge is 0.460 e. The average molecular weight is 1330 g/mol. The second kappa shape index (κ2) is 18.3. The van der Waals surface area contributed by atoms with Crippen molar-refractivity contribution in [2.24, 2.45) is 0 Å². The van der Waals surface area contributed by atoms with E-state index in [-0.39, 0.29) is 9.97 Å². The van der Waals surface area contributed by atoms with Crippen molar-refractivity contribution in [2.75, 3.05) is 0 Å². The van der Waals surface area contributed by atoms with E-state index < -0.39 is 166 Å². The van der Waals surface area contributed by atoms with Gasteiger partial charge in [-0.2, -0.15) is 224 Å². The standard InChI is InChI=1S/C28HF51N2/c29-5(30,8(35,36)11(41,42)14(47,48)17(53,54)20(59,60)23(65,66)26(71,72)73)2-1-3(6(31,32)9(37,38)12(43,44)15(49,50)18(55,56)21(61,62)24(67,68)27(74,75)76)81-4(80-2)7(33,34)10(39,40)13(45,46)16(51,52)19(57,58)22(63,64)25(69,70)28(77,78)79/h1H. The number of alkyl halides is 51. The average Bonchev–Trinajstić information content (AvgIpc) is 3.23. The Balaban J connectivity index is 5.01. The fraction of sp³-hybridized carbons (Fsp3) is 0.857. The van der Waals surface area contributed by atoms with Crippen LogP contribution in [0.4, 0.5) is 224 Å². The van der Waals surface area contributed by atoms with E-state index in [0.29, 0.717) is 0 Å². The lowest BCUT2D eigenvalue weighted by Gasteiger charge is -2.43. The first-order valence-corrected chi connectivity index (χ1v) is 17.1. The van der Waals surface area contributed by atoms with Crippen molar-refractivity contribution in [1.82, 2.24) is 9.97 Å². The molecule has 53 heteroatoms. The Hall–Kier alpha value is -4.49. The summed E-state index contributed by atoms with van der Waals surface area (Å²) in [6, 6.07) is -3.63. The van der Waals surface area contributed by atoms with Gasteiger partial charge in [-0.3, -0.25) is 0 Å². The fourth-order valence-corrected chi connectivity index (χ4v) is 4.86. The lowest BCUT2D eigenvalue weighted by molar-refractivity contribution is -0.463. The monoisotopic (exact) mass is 1330 g/mol. The lowest BCUT2D eigenvalue weighted by atomic mass is 9.86. The van der Waals surface area contributed by atoms with Crippen LogP contribution in [0.15, 0.2) is 6.07 Å². The van der Waals surface area contributed by atoms with Crippen LogP contribution < -0.4 is 0 Å². The SMILES string of the molecule is FC(F)(F)C(F)(F)C(F)(F)C(F)(F)C(F)(F)C(F)(F)C(F)(F)C(F)(F)c1cc(C(F)(F)C(F)(F)C(F)(F)C(F)(F)C(F)(F)C(F)(F)C(F)(F)C(F)(F)F)nc(C(F)(F)C(F)(F)C(F)(F)C(F)(F)C(F)(F)C(F)(F)C(F)(F)C(F)(F)F)n1. The number of halogens is 51. The Kier molecular flexibility index (Phi) is 16.8. The molecule has 0 aliphatic carbocycles. The highest BCUT2D eigenvalue weighted by Gasteiger charge is 2.99. The predicted molar refractivity (Wildman–Crippen MR) is 141 cm³/mol. The van der Waals surface area contributed by atoms with Crippen LogP contribution >= 0.6 is 0 Å². The van der Waals surface area contributed by atoms with E-state index in [1.54, 1.807) is 0 Å². The molecule has 0 unspecified atom stereocenters. The highest BCUT2D eigenvalue weighted by molar-refractivity contribution is 5.30. The molecule has 0 aliphatic heterocycles. The van der Waals surface area contributed by atoms with Gasteiger partial charge in [0.1, 0.15) is 11.4 Å². The first-order chi connectivity index (χ1) is 34.1. The van der Waals surface area contributed by atoms with Crippen LogP contribution in [0.2, 0.25) is 0 Å². The summed E-state index contributed by atoms with van der Waals surface area (Å²) in [6.07, 6.45) is -26.0. The van der Waals surface area contributed by atoms with E-state index in [1.165, 1.54) is 0 Å². The first kappa shape index (κ1) is 74.5. The number of rotatable bonds is 21. The summed E-state index contributed by atoms with van der Waals surface area (Å²) >= 11 is 0. The highest BCUT2D eigenvalue weighted by atomic mass is 19.5. The van der Waals surface area contributed by atoms with Gasteiger partial charge in [0.05, 0.1) is 0 Å². The van der Waals surface area contributed by atoms with Gasteiger partial charge in [-0.25, -0.2) is 9.97 Å². The van der Waals surface area contributed by atoms with Crippen molar-refractivity contribution in [1.29, 1.82) is 0 Å². The highest BCUT2D eigenvalue weighted by Crippen LogP contribution is 2.70. The predicted octanol–water partition coefficient (Wildman–Crippen LogP) is 16.9. The zero-order valence-corrected chi connectivity index (χ0v) is 34.2. The summed E-state index contributed by atoms with van der Waals surface area (Å²) < 4.78 is 706. The van der Waals surface area contributed by atoms with E-state index in [2.05, 4.69) is 0 Å². The van der Waals surface area contributed by atoms with Gasteiger partial charge < -0.3 is 0 Å². The Labute approximate surface area is 401 Å². The van der Waals surface area contributed by atoms with Crippen LogP contribution in [0.1, 0.15) is 17.2 Å². The third-order valence-corrected chi connectivity index (χ3v) is 9.82. The summed E-state index contributed by atoms with van der Waals surface area (Å²) in [5.41, 5.74) is -11.9. The van der Waals surface area contributed by atoms with E-state index >= 15 is 26.3 Å². The van der Waals surface area contributed by atoms with Crippen molar-refractivity contribution >= 4 is 0 Å². The van der Waals surface area contributed by atoms with Gasteiger partial charge in [-0.15, -0.1) is 0 Å². The Morgan fingerprint density at radius 2 is 0.284 bits per heavy atom. The number of hydrogen-bond acceptors (Lipinski definition) is 2. The minimum Gasteiger partial charge on any atom is -0.225 e. The minimum atomic E-state index is -10.3. The van der Waals surface area contributed by atoms with Crippen molar-refractivity contribution in [3.05, 3.63) is 23.3 Å². The maximum atomic E-state index is 15.1. The molecule has 1 aromatic heterocycles. The molecule has 81 heavy (non-hydrogen) atoms. The molecule has 0 aromatic carbocycles. The van der Waals surface area contributed by atoms with Crippen molar-refractivity contribution in [3.63, 3.8) is 0 Å². The van der Waals surface area contributed by atoms with Crippen molar-refractivity contribution in [3.8, 4) is 0 Å². The minimum absolute atomic E-state index is 0.0342. The molecule has 2 nitrogen and oxygen atoms in total. The van der Waals surface area contributed by atoms with Gasteiger partial charge >= 0.3 is 143 Å². The Bertz CT molecular complexity index is 2180. The smallest absolute Gasteiger partial charge is 0.225 e. The Morgan fingerprint density at radius 1 is 0.160 bits per heavy atom.